The van der Waals surface area contributed by atoms with E-state index in [1.807, 2.05) is 0 Å². The normalized spacial score (nSPS) is 12.8. The molecule has 0 fully saturated rings. The van der Waals surface area contributed by atoms with E-state index in [0.717, 1.165) is 4.90 Å². The smallest absolute Gasteiger partial charge is 0.297 e. The van der Waals surface area contributed by atoms with Gasteiger partial charge >= 0.3 is 6.18 Å². The Morgan fingerprint density at radius 1 is 1.11 bits per heavy atom. The van der Waals surface area contributed by atoms with Crippen molar-refractivity contribution in [2.45, 2.75) is 20.0 Å². The first-order valence-corrected chi connectivity index (χ1v) is 5.97. The fraction of sp³-hybridized carbons (Fsp3) is 0.500. The molecule has 0 saturated carbocycles. The molecule has 0 bridgehead atoms. The zero-order chi connectivity index (χ0) is 14.7. The summed E-state index contributed by atoms with van der Waals surface area (Å²) in [5, 5.41) is 0. The number of rotatable bonds is 5. The van der Waals surface area contributed by atoms with Crippen molar-refractivity contribution in [3.63, 3.8) is 0 Å². The molecule has 0 saturated heterocycles. The summed E-state index contributed by atoms with van der Waals surface area (Å²) in [7, 11) is 1.37. The Balaban J connectivity index is 2.73. The standard InChI is InChI=1S/C14H18F3NO/c1-13(2,9-18(3)10-14(15,16)17)12(19)11-7-5-4-6-8-11/h4-8H,9-10H2,1-3H3. The van der Waals surface area contributed by atoms with Crippen LogP contribution in [-0.4, -0.2) is 37.0 Å². The monoisotopic (exact) mass is 273 g/mol. The molecule has 0 unspecified atom stereocenters. The summed E-state index contributed by atoms with van der Waals surface area (Å²) in [5.41, 5.74) is -0.339. The van der Waals surface area contributed by atoms with Gasteiger partial charge in [-0.05, 0) is 7.05 Å². The molecule has 0 amide bonds. The summed E-state index contributed by atoms with van der Waals surface area (Å²) < 4.78 is 36.8. The minimum Gasteiger partial charge on any atom is -0.297 e. The predicted molar refractivity (Wildman–Crippen MR) is 68.1 cm³/mol. The number of carbonyl (C=O) groups is 1. The quantitative estimate of drug-likeness (QED) is 0.766. The summed E-state index contributed by atoms with van der Waals surface area (Å²) in [6, 6.07) is 8.62. The minimum atomic E-state index is -4.25. The van der Waals surface area contributed by atoms with Gasteiger partial charge in [-0.25, -0.2) is 0 Å². The Morgan fingerprint density at radius 3 is 2.11 bits per heavy atom. The van der Waals surface area contributed by atoms with Gasteiger partial charge in [-0.15, -0.1) is 0 Å². The van der Waals surface area contributed by atoms with Gasteiger partial charge in [-0.3, -0.25) is 9.69 Å². The summed E-state index contributed by atoms with van der Waals surface area (Å²) in [6.45, 7) is 2.36. The maximum absolute atomic E-state index is 12.3. The van der Waals surface area contributed by atoms with E-state index in [1.54, 1.807) is 44.2 Å². The second kappa shape index (κ2) is 5.74. The number of nitrogens with zero attached hydrogens (tertiary/aromatic N) is 1. The van der Waals surface area contributed by atoms with Crippen LogP contribution in [-0.2, 0) is 0 Å². The van der Waals surface area contributed by atoms with Crippen molar-refractivity contribution in [2.75, 3.05) is 20.1 Å². The van der Waals surface area contributed by atoms with Crippen LogP contribution in [0, 0.1) is 5.41 Å². The van der Waals surface area contributed by atoms with Crippen LogP contribution in [0.25, 0.3) is 0 Å². The van der Waals surface area contributed by atoms with Crippen LogP contribution in [0.15, 0.2) is 30.3 Å². The van der Waals surface area contributed by atoms with Crippen LogP contribution in [0.5, 0.6) is 0 Å². The Morgan fingerprint density at radius 2 is 1.63 bits per heavy atom. The lowest BCUT2D eigenvalue weighted by Crippen LogP contribution is -2.41. The summed E-state index contributed by atoms with van der Waals surface area (Å²) >= 11 is 0. The Kier molecular flexibility index (Phi) is 4.74. The lowest BCUT2D eigenvalue weighted by Gasteiger charge is -2.29. The molecule has 0 aliphatic rings. The van der Waals surface area contributed by atoms with Crippen LogP contribution in [0.2, 0.25) is 0 Å². The number of ketones is 1. The molecule has 5 heteroatoms. The number of Topliss-reactive ketones (excluding diaryl/α,β-unsaturated/α-hetero) is 1. The molecule has 0 heterocycles. The Bertz CT molecular complexity index is 426. The molecule has 0 radical (unpaired) electrons. The lowest BCUT2D eigenvalue weighted by molar-refractivity contribution is -0.144. The van der Waals surface area contributed by atoms with Gasteiger partial charge in [0, 0.05) is 17.5 Å². The van der Waals surface area contributed by atoms with E-state index in [2.05, 4.69) is 0 Å². The molecular weight excluding hydrogens is 255 g/mol. The largest absolute Gasteiger partial charge is 0.401 e. The fourth-order valence-corrected chi connectivity index (χ4v) is 2.09. The highest BCUT2D eigenvalue weighted by Gasteiger charge is 2.34. The van der Waals surface area contributed by atoms with Crippen molar-refractivity contribution in [1.29, 1.82) is 0 Å². The van der Waals surface area contributed by atoms with Gasteiger partial charge in [0.1, 0.15) is 0 Å². The van der Waals surface area contributed by atoms with Crippen molar-refractivity contribution < 1.29 is 18.0 Å². The number of halogens is 3. The predicted octanol–water partition coefficient (Wildman–Crippen LogP) is 3.39. The number of hydrogen-bond donors (Lipinski definition) is 0. The zero-order valence-electron chi connectivity index (χ0n) is 11.3. The van der Waals surface area contributed by atoms with E-state index in [9.17, 15) is 18.0 Å². The van der Waals surface area contributed by atoms with E-state index in [-0.39, 0.29) is 12.3 Å². The van der Waals surface area contributed by atoms with Gasteiger partial charge in [0.15, 0.2) is 5.78 Å². The SMILES string of the molecule is CN(CC(F)(F)F)CC(C)(C)C(=O)c1ccccc1. The highest BCUT2D eigenvalue weighted by molar-refractivity contribution is 6.00. The third-order valence-corrected chi connectivity index (χ3v) is 2.77. The molecule has 0 aromatic heterocycles. The van der Waals surface area contributed by atoms with Crippen molar-refractivity contribution in [3.8, 4) is 0 Å². The topological polar surface area (TPSA) is 20.3 Å². The number of alkyl halides is 3. The van der Waals surface area contributed by atoms with Crippen LogP contribution < -0.4 is 0 Å². The zero-order valence-corrected chi connectivity index (χ0v) is 11.3. The molecule has 106 valence electrons. The van der Waals surface area contributed by atoms with Crippen LogP contribution in [0.3, 0.4) is 0 Å². The fourth-order valence-electron chi connectivity index (χ4n) is 2.09. The maximum Gasteiger partial charge on any atom is 0.401 e. The molecule has 1 aromatic carbocycles. The molecule has 0 aliphatic carbocycles. The average molecular weight is 273 g/mol. The van der Waals surface area contributed by atoms with E-state index < -0.39 is 18.1 Å². The highest BCUT2D eigenvalue weighted by Crippen LogP contribution is 2.24. The first-order valence-electron chi connectivity index (χ1n) is 5.97. The highest BCUT2D eigenvalue weighted by atomic mass is 19.4. The molecular formula is C14H18F3NO. The Labute approximate surface area is 111 Å². The number of hydrogen-bond acceptors (Lipinski definition) is 2. The number of carbonyl (C=O) groups excluding carboxylic acids is 1. The van der Waals surface area contributed by atoms with Gasteiger partial charge in [-0.2, -0.15) is 13.2 Å². The molecule has 0 aliphatic heterocycles. The third-order valence-electron chi connectivity index (χ3n) is 2.77. The second-order valence-corrected chi connectivity index (χ2v) is 5.37. The second-order valence-electron chi connectivity index (χ2n) is 5.37. The van der Waals surface area contributed by atoms with Crippen LogP contribution in [0.1, 0.15) is 24.2 Å². The third kappa shape index (κ3) is 5.03. The molecule has 1 rings (SSSR count). The van der Waals surface area contributed by atoms with Gasteiger partial charge in [-0.1, -0.05) is 44.2 Å². The van der Waals surface area contributed by atoms with E-state index in [4.69, 9.17) is 0 Å². The van der Waals surface area contributed by atoms with E-state index >= 15 is 0 Å². The van der Waals surface area contributed by atoms with Crippen molar-refractivity contribution in [3.05, 3.63) is 35.9 Å². The Hall–Kier alpha value is -1.36. The first kappa shape index (κ1) is 15.7. The van der Waals surface area contributed by atoms with E-state index in [0.29, 0.717) is 5.56 Å². The molecule has 2 nitrogen and oxygen atoms in total. The lowest BCUT2D eigenvalue weighted by atomic mass is 9.84. The first-order chi connectivity index (χ1) is 8.62. The number of benzene rings is 1. The summed E-state index contributed by atoms with van der Waals surface area (Å²) in [4.78, 5) is 13.4. The summed E-state index contributed by atoms with van der Waals surface area (Å²) in [5.74, 6) is -0.151. The van der Waals surface area contributed by atoms with E-state index in [1.165, 1.54) is 7.05 Å². The maximum atomic E-state index is 12.3. The van der Waals surface area contributed by atoms with Gasteiger partial charge in [0.05, 0.1) is 6.54 Å². The van der Waals surface area contributed by atoms with Gasteiger partial charge < -0.3 is 0 Å². The van der Waals surface area contributed by atoms with Crippen molar-refractivity contribution in [2.24, 2.45) is 5.41 Å². The summed E-state index contributed by atoms with van der Waals surface area (Å²) in [6.07, 6.45) is -4.25. The molecule has 0 spiro atoms. The van der Waals surface area contributed by atoms with Crippen LogP contribution >= 0.6 is 0 Å². The van der Waals surface area contributed by atoms with Crippen molar-refractivity contribution >= 4 is 5.78 Å². The molecule has 0 atom stereocenters. The minimum absolute atomic E-state index is 0.0558. The van der Waals surface area contributed by atoms with Crippen LogP contribution in [0.4, 0.5) is 13.2 Å². The van der Waals surface area contributed by atoms with Crippen molar-refractivity contribution in [1.82, 2.24) is 4.90 Å². The molecule has 0 N–H and O–H groups in total. The molecule has 1 aromatic rings. The average Bonchev–Trinajstić information content (AvgIpc) is 2.25. The molecule has 19 heavy (non-hydrogen) atoms. The van der Waals surface area contributed by atoms with Gasteiger partial charge in [0.2, 0.25) is 0 Å². The van der Waals surface area contributed by atoms with Gasteiger partial charge in [0.25, 0.3) is 0 Å².